The van der Waals surface area contributed by atoms with Gasteiger partial charge in [-0.3, -0.25) is 10.1 Å². The van der Waals surface area contributed by atoms with Crippen LogP contribution in [0.1, 0.15) is 18.6 Å². The normalized spacial score (nSPS) is 11.8. The van der Waals surface area contributed by atoms with E-state index in [1.165, 1.54) is 31.5 Å². The van der Waals surface area contributed by atoms with Gasteiger partial charge in [-0.25, -0.2) is 4.98 Å². The number of methoxy groups -OCH3 is 1. The van der Waals surface area contributed by atoms with Gasteiger partial charge in [-0.15, -0.1) is 0 Å². The topological polar surface area (TPSA) is 94.7 Å². The first-order chi connectivity index (χ1) is 10.0. The van der Waals surface area contributed by atoms with Crippen molar-refractivity contribution in [3.05, 3.63) is 52.2 Å². The third kappa shape index (κ3) is 3.26. The number of nitrogens with zero attached hydrogens (tertiary/aromatic N) is 2. The van der Waals surface area contributed by atoms with Crippen LogP contribution in [0.15, 0.2) is 36.5 Å². The lowest BCUT2D eigenvalue weighted by atomic mass is 10.2. The number of hydrogen-bond acceptors (Lipinski definition) is 6. The molecule has 0 radical (unpaired) electrons. The van der Waals surface area contributed by atoms with E-state index < -0.39 is 11.0 Å². The lowest BCUT2D eigenvalue weighted by Crippen LogP contribution is -1.99. The van der Waals surface area contributed by atoms with Gasteiger partial charge >= 0.3 is 0 Å². The maximum absolute atomic E-state index is 10.7. The molecule has 1 aromatic heterocycles. The number of ether oxygens (including phenoxy) is 2. The number of aromatic nitrogens is 1. The molecule has 1 aromatic carbocycles. The molecule has 0 aliphatic heterocycles. The molecule has 0 fully saturated rings. The number of aliphatic hydroxyl groups is 1. The summed E-state index contributed by atoms with van der Waals surface area (Å²) in [6, 6.07) is 7.37. The predicted octanol–water partition coefficient (Wildman–Crippen LogP) is 2.84. The summed E-state index contributed by atoms with van der Waals surface area (Å²) in [5, 5.41) is 20.4. The molecule has 0 aliphatic rings. The zero-order valence-corrected chi connectivity index (χ0v) is 11.5. The quantitative estimate of drug-likeness (QED) is 0.672. The van der Waals surface area contributed by atoms with Crippen molar-refractivity contribution >= 4 is 5.69 Å². The summed E-state index contributed by atoms with van der Waals surface area (Å²) in [5.41, 5.74) is 0.411. The Bertz CT molecular complexity index is 658. The molecule has 0 bridgehead atoms. The van der Waals surface area contributed by atoms with Gasteiger partial charge in [0.05, 0.1) is 24.2 Å². The number of benzene rings is 1. The standard InChI is InChI=1S/C14H14N2O5/c1-9(17)11-4-3-7-15-14(11)21-12-6-5-10(16(18)19)8-13(12)20-2/h3-9,17H,1-2H3. The Morgan fingerprint density at radius 3 is 2.71 bits per heavy atom. The first-order valence-electron chi connectivity index (χ1n) is 6.16. The van der Waals surface area contributed by atoms with Crippen molar-refractivity contribution in [1.29, 1.82) is 0 Å². The molecule has 0 spiro atoms. The smallest absolute Gasteiger partial charge is 0.273 e. The number of nitro groups is 1. The van der Waals surface area contributed by atoms with Gasteiger partial charge in [-0.1, -0.05) is 0 Å². The van der Waals surface area contributed by atoms with E-state index >= 15 is 0 Å². The Labute approximate surface area is 120 Å². The molecular weight excluding hydrogens is 276 g/mol. The largest absolute Gasteiger partial charge is 0.493 e. The zero-order chi connectivity index (χ0) is 15.4. The summed E-state index contributed by atoms with van der Waals surface area (Å²) in [4.78, 5) is 14.3. The van der Waals surface area contributed by atoms with Gasteiger partial charge in [0, 0.05) is 17.8 Å². The number of hydrogen-bond donors (Lipinski definition) is 1. The molecule has 1 atom stereocenters. The molecular formula is C14H14N2O5. The molecule has 7 nitrogen and oxygen atoms in total. The first-order valence-corrected chi connectivity index (χ1v) is 6.16. The van der Waals surface area contributed by atoms with E-state index in [-0.39, 0.29) is 23.1 Å². The molecule has 2 aromatic rings. The molecule has 0 amide bonds. The molecule has 21 heavy (non-hydrogen) atoms. The number of pyridine rings is 1. The summed E-state index contributed by atoms with van der Waals surface area (Å²) in [6.45, 7) is 1.59. The minimum atomic E-state index is -0.752. The van der Waals surface area contributed by atoms with E-state index in [1.807, 2.05) is 0 Å². The van der Waals surface area contributed by atoms with Gasteiger partial charge in [0.1, 0.15) is 0 Å². The van der Waals surface area contributed by atoms with Crippen LogP contribution in [0.2, 0.25) is 0 Å². The second-order valence-corrected chi connectivity index (χ2v) is 4.27. The van der Waals surface area contributed by atoms with Gasteiger partial charge in [0.25, 0.3) is 5.69 Å². The zero-order valence-electron chi connectivity index (χ0n) is 11.5. The Morgan fingerprint density at radius 1 is 1.33 bits per heavy atom. The molecule has 0 saturated carbocycles. The van der Waals surface area contributed by atoms with Crippen molar-refractivity contribution in [2.24, 2.45) is 0 Å². The first kappa shape index (κ1) is 14.7. The lowest BCUT2D eigenvalue weighted by Gasteiger charge is -2.13. The summed E-state index contributed by atoms with van der Waals surface area (Å²) in [6.07, 6.45) is 0.775. The van der Waals surface area contributed by atoms with Gasteiger partial charge < -0.3 is 14.6 Å². The highest BCUT2D eigenvalue weighted by Gasteiger charge is 2.16. The Balaban J connectivity index is 2.38. The van der Waals surface area contributed by atoms with Gasteiger partial charge in [0.15, 0.2) is 11.5 Å². The lowest BCUT2D eigenvalue weighted by molar-refractivity contribution is -0.384. The number of rotatable bonds is 5. The highest BCUT2D eigenvalue weighted by molar-refractivity contribution is 5.50. The SMILES string of the molecule is COc1cc([N+](=O)[O-])ccc1Oc1ncccc1C(C)O. The average molecular weight is 290 g/mol. The van der Waals surface area contributed by atoms with Crippen LogP contribution >= 0.6 is 0 Å². The van der Waals surface area contributed by atoms with Crippen molar-refractivity contribution in [3.63, 3.8) is 0 Å². The van der Waals surface area contributed by atoms with Crippen molar-refractivity contribution in [2.75, 3.05) is 7.11 Å². The molecule has 0 saturated heterocycles. The molecule has 0 aliphatic carbocycles. The molecule has 7 heteroatoms. The van der Waals surface area contributed by atoms with Crippen LogP contribution in [-0.2, 0) is 0 Å². The third-order valence-corrected chi connectivity index (χ3v) is 2.82. The van der Waals surface area contributed by atoms with E-state index in [2.05, 4.69) is 4.98 Å². The van der Waals surface area contributed by atoms with Crippen LogP contribution in [0.5, 0.6) is 17.4 Å². The molecule has 110 valence electrons. The molecule has 1 N–H and O–H groups in total. The van der Waals surface area contributed by atoms with Crippen molar-refractivity contribution < 1.29 is 19.5 Å². The van der Waals surface area contributed by atoms with Crippen LogP contribution < -0.4 is 9.47 Å². The Hall–Kier alpha value is -2.67. The van der Waals surface area contributed by atoms with Crippen LogP contribution in [-0.4, -0.2) is 22.1 Å². The Kier molecular flexibility index (Phi) is 4.34. The summed E-state index contributed by atoms with van der Waals surface area (Å²) < 4.78 is 10.7. The van der Waals surface area contributed by atoms with E-state index in [1.54, 1.807) is 19.1 Å². The minimum Gasteiger partial charge on any atom is -0.493 e. The van der Waals surface area contributed by atoms with Gasteiger partial charge in [0.2, 0.25) is 5.88 Å². The van der Waals surface area contributed by atoms with E-state index in [0.29, 0.717) is 5.56 Å². The van der Waals surface area contributed by atoms with Crippen LogP contribution in [0.4, 0.5) is 5.69 Å². The predicted molar refractivity (Wildman–Crippen MR) is 74.6 cm³/mol. The minimum absolute atomic E-state index is 0.101. The highest BCUT2D eigenvalue weighted by atomic mass is 16.6. The molecule has 1 unspecified atom stereocenters. The summed E-state index contributed by atoms with van der Waals surface area (Å²) >= 11 is 0. The number of nitro benzene ring substituents is 1. The van der Waals surface area contributed by atoms with Crippen LogP contribution in [0.25, 0.3) is 0 Å². The fourth-order valence-corrected chi connectivity index (χ4v) is 1.76. The van der Waals surface area contributed by atoms with Crippen molar-refractivity contribution in [3.8, 4) is 17.4 Å². The van der Waals surface area contributed by atoms with E-state index in [0.717, 1.165) is 0 Å². The third-order valence-electron chi connectivity index (χ3n) is 2.82. The second kappa shape index (κ2) is 6.19. The average Bonchev–Trinajstić information content (AvgIpc) is 2.47. The van der Waals surface area contributed by atoms with Gasteiger partial charge in [-0.05, 0) is 25.1 Å². The molecule has 2 rings (SSSR count). The van der Waals surface area contributed by atoms with E-state index in [4.69, 9.17) is 9.47 Å². The summed E-state index contributed by atoms with van der Waals surface area (Å²) in [7, 11) is 1.39. The van der Waals surface area contributed by atoms with Crippen molar-refractivity contribution in [2.45, 2.75) is 13.0 Å². The molecule has 1 heterocycles. The monoisotopic (exact) mass is 290 g/mol. The van der Waals surface area contributed by atoms with Crippen LogP contribution in [0.3, 0.4) is 0 Å². The van der Waals surface area contributed by atoms with Crippen LogP contribution in [0, 0.1) is 10.1 Å². The fourth-order valence-electron chi connectivity index (χ4n) is 1.76. The summed E-state index contributed by atoms with van der Waals surface area (Å²) in [5.74, 6) is 0.717. The maximum atomic E-state index is 10.7. The second-order valence-electron chi connectivity index (χ2n) is 4.27. The van der Waals surface area contributed by atoms with Crippen molar-refractivity contribution in [1.82, 2.24) is 4.98 Å². The maximum Gasteiger partial charge on any atom is 0.273 e. The van der Waals surface area contributed by atoms with E-state index in [9.17, 15) is 15.2 Å². The van der Waals surface area contributed by atoms with Gasteiger partial charge in [-0.2, -0.15) is 0 Å². The number of aliphatic hydroxyl groups excluding tert-OH is 1. The Morgan fingerprint density at radius 2 is 2.10 bits per heavy atom. The number of non-ortho nitro benzene ring substituents is 1. The fraction of sp³-hybridized carbons (Fsp3) is 0.214. The highest BCUT2D eigenvalue weighted by Crippen LogP contribution is 2.35.